The molecule has 0 spiro atoms. The first-order valence-electron chi connectivity index (χ1n) is 9.68. The molecule has 0 bridgehead atoms. The highest BCUT2D eigenvalue weighted by Crippen LogP contribution is 2.18. The fraction of sp³-hybridized carbons (Fsp3) is 0.476. The van der Waals surface area contributed by atoms with Crippen LogP contribution in [0.3, 0.4) is 0 Å². The van der Waals surface area contributed by atoms with E-state index >= 15 is 0 Å². The Morgan fingerprint density at radius 3 is 2.54 bits per heavy atom. The van der Waals surface area contributed by atoms with Gasteiger partial charge in [0, 0.05) is 32.7 Å². The molecule has 150 valence electrons. The van der Waals surface area contributed by atoms with Crippen LogP contribution in [0.1, 0.15) is 42.1 Å². The van der Waals surface area contributed by atoms with Crippen LogP contribution < -0.4 is 5.32 Å². The summed E-state index contributed by atoms with van der Waals surface area (Å²) >= 11 is 0. The van der Waals surface area contributed by atoms with Crippen molar-refractivity contribution in [2.24, 2.45) is 7.05 Å². The molecule has 1 aliphatic heterocycles. The highest BCUT2D eigenvalue weighted by atomic mass is 16.2. The van der Waals surface area contributed by atoms with Crippen molar-refractivity contribution >= 4 is 17.8 Å². The number of benzene rings is 1. The molecule has 7 heteroatoms. The molecule has 0 aliphatic carbocycles. The lowest BCUT2D eigenvalue weighted by atomic mass is 10.1. The molecule has 2 aromatic rings. The Kier molecular flexibility index (Phi) is 5.72. The molecule has 7 nitrogen and oxygen atoms in total. The predicted molar refractivity (Wildman–Crippen MR) is 109 cm³/mol. The minimum Gasteiger partial charge on any atom is -0.335 e. The lowest BCUT2D eigenvalue weighted by Crippen LogP contribution is -2.53. The van der Waals surface area contributed by atoms with Crippen molar-refractivity contribution in [1.82, 2.24) is 19.6 Å². The summed E-state index contributed by atoms with van der Waals surface area (Å²) in [4.78, 5) is 28.5. The maximum atomic E-state index is 12.6. The summed E-state index contributed by atoms with van der Waals surface area (Å²) in [5, 5.41) is 7.27. The van der Waals surface area contributed by atoms with E-state index in [1.165, 1.54) is 11.1 Å². The molecule has 1 aromatic heterocycles. The SMILES string of the molecule is Cc1ccc(CN2CCN(C(=O)Nc3cc(C(C)C)nn3C)CC2=O)cc1C. The summed E-state index contributed by atoms with van der Waals surface area (Å²) in [5.41, 5.74) is 4.50. The second-order valence-electron chi connectivity index (χ2n) is 7.82. The number of nitrogens with one attached hydrogen (secondary N) is 1. The minimum atomic E-state index is -0.266. The van der Waals surface area contributed by atoms with E-state index in [-0.39, 0.29) is 24.4 Å². The van der Waals surface area contributed by atoms with Crippen molar-refractivity contribution in [2.75, 3.05) is 25.0 Å². The quantitative estimate of drug-likeness (QED) is 0.882. The number of rotatable bonds is 4. The number of aromatic nitrogens is 2. The summed E-state index contributed by atoms with van der Waals surface area (Å²) in [6.45, 7) is 9.97. The number of urea groups is 1. The minimum absolute atomic E-state index is 0.0347. The smallest absolute Gasteiger partial charge is 0.323 e. The lowest BCUT2D eigenvalue weighted by Gasteiger charge is -2.34. The number of anilines is 1. The molecule has 1 aliphatic rings. The first-order chi connectivity index (χ1) is 13.2. The predicted octanol–water partition coefficient (Wildman–Crippen LogP) is 3.04. The average Bonchev–Trinajstić information content (AvgIpc) is 3.00. The summed E-state index contributed by atoms with van der Waals surface area (Å²) in [6.07, 6.45) is 0. The Balaban J connectivity index is 1.59. The number of amides is 3. The van der Waals surface area contributed by atoms with Crippen LogP contribution in [-0.4, -0.2) is 51.2 Å². The van der Waals surface area contributed by atoms with E-state index in [1.807, 2.05) is 11.0 Å². The topological polar surface area (TPSA) is 70.5 Å². The Morgan fingerprint density at radius 1 is 1.18 bits per heavy atom. The fourth-order valence-corrected chi connectivity index (χ4v) is 3.25. The van der Waals surface area contributed by atoms with Gasteiger partial charge in [-0.3, -0.25) is 14.8 Å². The maximum Gasteiger partial charge on any atom is 0.323 e. The van der Waals surface area contributed by atoms with Gasteiger partial charge in [-0.1, -0.05) is 32.0 Å². The largest absolute Gasteiger partial charge is 0.335 e. The molecule has 28 heavy (non-hydrogen) atoms. The number of carbonyl (C=O) groups excluding carboxylic acids is 2. The van der Waals surface area contributed by atoms with Gasteiger partial charge in [-0.25, -0.2) is 4.79 Å². The van der Waals surface area contributed by atoms with Crippen LogP contribution in [0.2, 0.25) is 0 Å². The van der Waals surface area contributed by atoms with Crippen molar-refractivity contribution in [3.05, 3.63) is 46.6 Å². The Morgan fingerprint density at radius 2 is 1.93 bits per heavy atom. The van der Waals surface area contributed by atoms with E-state index in [9.17, 15) is 9.59 Å². The van der Waals surface area contributed by atoms with Gasteiger partial charge in [0.25, 0.3) is 0 Å². The molecule has 0 atom stereocenters. The first-order valence-corrected chi connectivity index (χ1v) is 9.68. The third-order valence-electron chi connectivity index (χ3n) is 5.28. The molecule has 3 rings (SSSR count). The van der Waals surface area contributed by atoms with Crippen LogP contribution >= 0.6 is 0 Å². The van der Waals surface area contributed by atoms with Gasteiger partial charge in [0.1, 0.15) is 12.4 Å². The van der Waals surface area contributed by atoms with Crippen LogP contribution in [0.25, 0.3) is 0 Å². The van der Waals surface area contributed by atoms with Crippen molar-refractivity contribution in [3.63, 3.8) is 0 Å². The zero-order valence-corrected chi connectivity index (χ0v) is 17.3. The lowest BCUT2D eigenvalue weighted by molar-refractivity contribution is -0.135. The molecule has 0 radical (unpaired) electrons. The van der Waals surface area contributed by atoms with Crippen molar-refractivity contribution in [2.45, 2.75) is 40.2 Å². The standard InChI is InChI=1S/C21H29N5O2/c1-14(2)18-11-19(24(5)23-18)22-21(28)26-9-8-25(20(27)13-26)12-17-7-6-15(3)16(4)10-17/h6-7,10-11,14H,8-9,12-13H2,1-5H3,(H,22,28). The fourth-order valence-electron chi connectivity index (χ4n) is 3.25. The van der Waals surface area contributed by atoms with Gasteiger partial charge in [0.15, 0.2) is 0 Å². The van der Waals surface area contributed by atoms with Crippen molar-refractivity contribution in [1.29, 1.82) is 0 Å². The Hall–Kier alpha value is -2.83. The molecule has 1 saturated heterocycles. The van der Waals surface area contributed by atoms with Crippen LogP contribution in [0, 0.1) is 13.8 Å². The van der Waals surface area contributed by atoms with E-state index in [2.05, 4.69) is 56.3 Å². The molecular formula is C21H29N5O2. The van der Waals surface area contributed by atoms with E-state index in [0.29, 0.717) is 25.5 Å². The number of piperazine rings is 1. The third-order valence-corrected chi connectivity index (χ3v) is 5.28. The number of nitrogens with zero attached hydrogens (tertiary/aromatic N) is 4. The molecular weight excluding hydrogens is 354 g/mol. The molecule has 0 saturated carbocycles. The van der Waals surface area contributed by atoms with Crippen LogP contribution in [0.4, 0.5) is 10.6 Å². The van der Waals surface area contributed by atoms with Crippen LogP contribution in [0.15, 0.2) is 24.3 Å². The summed E-state index contributed by atoms with van der Waals surface area (Å²) in [5.74, 6) is 0.888. The average molecular weight is 383 g/mol. The highest BCUT2D eigenvalue weighted by molar-refractivity contribution is 5.92. The Labute approximate surface area is 166 Å². The van der Waals surface area contributed by atoms with Crippen LogP contribution in [-0.2, 0) is 18.4 Å². The van der Waals surface area contributed by atoms with Gasteiger partial charge in [-0.05, 0) is 36.5 Å². The molecule has 1 fully saturated rings. The van der Waals surface area contributed by atoms with Gasteiger partial charge < -0.3 is 9.80 Å². The highest BCUT2D eigenvalue weighted by Gasteiger charge is 2.27. The van der Waals surface area contributed by atoms with Crippen LogP contribution in [0.5, 0.6) is 0 Å². The number of aryl methyl sites for hydroxylation is 3. The summed E-state index contributed by atoms with van der Waals surface area (Å²) in [7, 11) is 1.80. The molecule has 2 heterocycles. The molecule has 1 N–H and O–H groups in total. The second-order valence-corrected chi connectivity index (χ2v) is 7.82. The van der Waals surface area contributed by atoms with Crippen molar-refractivity contribution < 1.29 is 9.59 Å². The third kappa shape index (κ3) is 4.35. The molecule has 3 amide bonds. The van der Waals surface area contributed by atoms with Gasteiger partial charge in [0.2, 0.25) is 5.91 Å². The number of hydrogen-bond donors (Lipinski definition) is 1. The zero-order valence-electron chi connectivity index (χ0n) is 17.3. The normalized spacial score (nSPS) is 14.7. The second kappa shape index (κ2) is 8.04. The summed E-state index contributed by atoms with van der Waals surface area (Å²) < 4.78 is 1.66. The van der Waals surface area contributed by atoms with Gasteiger partial charge >= 0.3 is 6.03 Å². The Bertz CT molecular complexity index is 887. The summed E-state index contributed by atoms with van der Waals surface area (Å²) in [6, 6.07) is 7.87. The van der Waals surface area contributed by atoms with Gasteiger partial charge in [-0.2, -0.15) is 5.10 Å². The van der Waals surface area contributed by atoms with E-state index in [4.69, 9.17) is 0 Å². The van der Waals surface area contributed by atoms with Gasteiger partial charge in [-0.15, -0.1) is 0 Å². The van der Waals surface area contributed by atoms with E-state index < -0.39 is 0 Å². The van der Waals surface area contributed by atoms with E-state index in [0.717, 1.165) is 11.3 Å². The number of hydrogen-bond acceptors (Lipinski definition) is 3. The molecule has 0 unspecified atom stereocenters. The van der Waals surface area contributed by atoms with Gasteiger partial charge in [0.05, 0.1) is 5.69 Å². The monoisotopic (exact) mass is 383 g/mol. The molecule has 1 aromatic carbocycles. The van der Waals surface area contributed by atoms with E-state index in [1.54, 1.807) is 16.6 Å². The van der Waals surface area contributed by atoms with Crippen molar-refractivity contribution in [3.8, 4) is 0 Å². The number of carbonyl (C=O) groups is 2. The zero-order chi connectivity index (χ0) is 20.4. The maximum absolute atomic E-state index is 12.6. The first kappa shape index (κ1) is 19.9.